The fourth-order valence-electron chi connectivity index (χ4n) is 4.58. The molecule has 0 saturated carbocycles. The fraction of sp³-hybridized carbons (Fsp3) is 0.533. The number of Topliss-reactive ketones (excluding diaryl/α,β-unsaturated/α-hetero) is 1. The van der Waals surface area contributed by atoms with Gasteiger partial charge in [-0.3, -0.25) is 49.2 Å². The molecule has 0 aliphatic rings. The zero-order chi connectivity index (χ0) is 37.1. The number of phenols is 1. The summed E-state index contributed by atoms with van der Waals surface area (Å²) in [5.74, 6) is -10.6. The minimum absolute atomic E-state index is 0.0304. The van der Waals surface area contributed by atoms with Crippen molar-refractivity contribution in [1.29, 1.82) is 0 Å². The molecule has 48 heavy (non-hydrogen) atoms. The molecule has 0 heterocycles. The van der Waals surface area contributed by atoms with Gasteiger partial charge in [-0.15, -0.1) is 0 Å². The van der Waals surface area contributed by atoms with Gasteiger partial charge in [0.1, 0.15) is 17.8 Å². The number of rotatable bonds is 18. The Labute approximate surface area is 277 Å². The first-order chi connectivity index (χ1) is 22.1. The number of nitrogens with one attached hydrogen (secondary N) is 2. The molecule has 1 rings (SSSR count). The molecular formula is C30H47N9O9. The van der Waals surface area contributed by atoms with Gasteiger partial charge in [-0.1, -0.05) is 39.8 Å². The lowest BCUT2D eigenvalue weighted by Gasteiger charge is -2.42. The number of aliphatic imine (C=N–C) groups is 1. The summed E-state index contributed by atoms with van der Waals surface area (Å²) in [5.41, 5.74) is 23.8. The number of carboxylic acid groups (broad SMARTS) is 1. The number of hydrogen-bond donors (Lipinski definition) is 9. The number of amides is 5. The van der Waals surface area contributed by atoms with Crippen LogP contribution in [0.2, 0.25) is 0 Å². The maximum Gasteiger partial charge on any atom is 0.307 e. The average molecular weight is 678 g/mol. The summed E-state index contributed by atoms with van der Waals surface area (Å²) < 4.78 is 0. The molecule has 0 saturated heterocycles. The summed E-state index contributed by atoms with van der Waals surface area (Å²) in [6, 6.07) is 2.96. The summed E-state index contributed by atoms with van der Waals surface area (Å²) in [5, 5.41) is 24.1. The fourth-order valence-corrected chi connectivity index (χ4v) is 4.58. The zero-order valence-electron chi connectivity index (χ0n) is 27.7. The average Bonchev–Trinajstić information content (AvgIpc) is 2.97. The molecule has 1 aromatic rings. The SMILES string of the molecule is CC(=O)[C@](N)(CCCN=C(N)N)C(=O)N(C(=O)C(C)C)[C@@](N)(CC(=O)O)C(=O)N[C@H](C(=O)N[C@@H](Cc1ccc(O)cc1)C(N)=O)C(C)C. The molecule has 0 unspecified atom stereocenters. The normalized spacial score (nSPS) is 14.9. The number of carbonyl (C=O) groups excluding carboxylic acids is 6. The van der Waals surface area contributed by atoms with Gasteiger partial charge < -0.3 is 43.8 Å². The molecule has 0 aliphatic carbocycles. The van der Waals surface area contributed by atoms with E-state index in [4.69, 9.17) is 28.7 Å². The summed E-state index contributed by atoms with van der Waals surface area (Å²) in [6.07, 6.45) is -1.88. The topological polar surface area (TPSA) is 330 Å². The van der Waals surface area contributed by atoms with Crippen molar-refractivity contribution in [3.63, 3.8) is 0 Å². The van der Waals surface area contributed by atoms with Gasteiger partial charge >= 0.3 is 5.97 Å². The lowest BCUT2D eigenvalue weighted by molar-refractivity contribution is -0.167. The van der Waals surface area contributed by atoms with E-state index in [-0.39, 0.29) is 36.0 Å². The molecule has 14 N–H and O–H groups in total. The Kier molecular flexibility index (Phi) is 14.6. The highest BCUT2D eigenvalue weighted by atomic mass is 16.4. The first-order valence-electron chi connectivity index (χ1n) is 15.0. The Morgan fingerprint density at radius 2 is 1.50 bits per heavy atom. The molecule has 4 atom stereocenters. The van der Waals surface area contributed by atoms with Crippen molar-refractivity contribution in [2.24, 2.45) is 45.5 Å². The number of hydrogen-bond acceptors (Lipinski definition) is 11. The number of primary amides is 1. The second kappa shape index (κ2) is 17.2. The van der Waals surface area contributed by atoms with Crippen LogP contribution in [0.5, 0.6) is 5.75 Å². The first kappa shape index (κ1) is 40.9. The van der Waals surface area contributed by atoms with E-state index in [1.807, 2.05) is 0 Å². The number of nitrogens with zero attached hydrogens (tertiary/aromatic N) is 2. The van der Waals surface area contributed by atoms with Crippen molar-refractivity contribution in [2.45, 2.75) is 83.6 Å². The van der Waals surface area contributed by atoms with E-state index in [1.54, 1.807) is 0 Å². The number of aromatic hydroxyl groups is 1. The van der Waals surface area contributed by atoms with Crippen molar-refractivity contribution in [3.05, 3.63) is 29.8 Å². The van der Waals surface area contributed by atoms with Crippen molar-refractivity contribution in [1.82, 2.24) is 15.5 Å². The van der Waals surface area contributed by atoms with Crippen LogP contribution in [0.3, 0.4) is 0 Å². The highest BCUT2D eigenvalue weighted by Crippen LogP contribution is 2.26. The van der Waals surface area contributed by atoms with E-state index in [0.717, 1.165) is 6.92 Å². The van der Waals surface area contributed by atoms with Crippen molar-refractivity contribution in [3.8, 4) is 5.75 Å². The Hall–Kier alpha value is -5.10. The van der Waals surface area contributed by atoms with Crippen molar-refractivity contribution >= 4 is 47.2 Å². The quantitative estimate of drug-likeness (QED) is 0.0256. The largest absolute Gasteiger partial charge is 0.508 e. The zero-order valence-corrected chi connectivity index (χ0v) is 27.7. The molecule has 0 radical (unpaired) electrons. The molecule has 0 bridgehead atoms. The lowest BCUT2D eigenvalue weighted by Crippen LogP contribution is -2.75. The third-order valence-corrected chi connectivity index (χ3v) is 7.44. The molecule has 18 nitrogen and oxygen atoms in total. The Morgan fingerprint density at radius 1 is 0.938 bits per heavy atom. The van der Waals surface area contributed by atoms with Crippen LogP contribution < -0.4 is 39.3 Å². The molecular weight excluding hydrogens is 630 g/mol. The van der Waals surface area contributed by atoms with Gasteiger partial charge in [0.25, 0.3) is 11.8 Å². The number of carboxylic acids is 1. The number of aliphatic carboxylic acids is 1. The number of ketones is 1. The summed E-state index contributed by atoms with van der Waals surface area (Å²) in [4.78, 5) is 96.0. The van der Waals surface area contributed by atoms with E-state index in [0.29, 0.717) is 5.56 Å². The second-order valence-electron chi connectivity index (χ2n) is 12.1. The van der Waals surface area contributed by atoms with Gasteiger partial charge in [-0.2, -0.15) is 0 Å². The maximum absolute atomic E-state index is 14.1. The minimum Gasteiger partial charge on any atom is -0.508 e. The predicted molar refractivity (Wildman–Crippen MR) is 173 cm³/mol. The number of phenolic OH excluding ortho intramolecular Hbond substituents is 1. The van der Waals surface area contributed by atoms with Gasteiger partial charge in [0.2, 0.25) is 17.7 Å². The maximum atomic E-state index is 14.1. The second-order valence-corrected chi connectivity index (χ2v) is 12.1. The van der Waals surface area contributed by atoms with Crippen molar-refractivity contribution < 1.29 is 43.8 Å². The van der Waals surface area contributed by atoms with Crippen LogP contribution in [-0.4, -0.2) is 92.2 Å². The number of guanidine groups is 1. The highest BCUT2D eigenvalue weighted by Gasteiger charge is 2.55. The van der Waals surface area contributed by atoms with Gasteiger partial charge in [0.15, 0.2) is 22.9 Å². The van der Waals surface area contributed by atoms with E-state index < -0.39 is 89.3 Å². The van der Waals surface area contributed by atoms with Gasteiger partial charge in [-0.25, -0.2) is 0 Å². The Balaban J connectivity index is 3.60. The van der Waals surface area contributed by atoms with E-state index >= 15 is 0 Å². The minimum atomic E-state index is -3.01. The summed E-state index contributed by atoms with van der Waals surface area (Å²) in [6.45, 7) is 6.62. The molecule has 266 valence electrons. The first-order valence-corrected chi connectivity index (χ1v) is 15.0. The molecule has 0 spiro atoms. The van der Waals surface area contributed by atoms with E-state index in [9.17, 15) is 43.8 Å². The highest BCUT2D eigenvalue weighted by molar-refractivity contribution is 6.16. The summed E-state index contributed by atoms with van der Waals surface area (Å²) >= 11 is 0. The van der Waals surface area contributed by atoms with E-state index in [2.05, 4.69) is 15.6 Å². The number of benzene rings is 1. The molecule has 0 aliphatic heterocycles. The van der Waals surface area contributed by atoms with E-state index in [1.165, 1.54) is 52.0 Å². The number of imide groups is 1. The van der Waals surface area contributed by atoms with Crippen LogP contribution >= 0.6 is 0 Å². The molecule has 0 aromatic heterocycles. The molecule has 1 aromatic carbocycles. The third-order valence-electron chi connectivity index (χ3n) is 7.44. The van der Waals surface area contributed by atoms with Gasteiger partial charge in [0, 0.05) is 18.9 Å². The van der Waals surface area contributed by atoms with Crippen LogP contribution in [0.25, 0.3) is 0 Å². The monoisotopic (exact) mass is 677 g/mol. The predicted octanol–water partition coefficient (Wildman–Crippen LogP) is -2.47. The number of nitrogens with two attached hydrogens (primary N) is 5. The Morgan fingerprint density at radius 3 is 1.94 bits per heavy atom. The van der Waals surface area contributed by atoms with Gasteiger partial charge in [-0.05, 0) is 43.4 Å². The lowest BCUT2D eigenvalue weighted by atomic mass is 9.86. The van der Waals surface area contributed by atoms with Crippen LogP contribution in [0.4, 0.5) is 0 Å². The van der Waals surface area contributed by atoms with Crippen LogP contribution in [0.1, 0.15) is 59.4 Å². The smallest absolute Gasteiger partial charge is 0.307 e. The van der Waals surface area contributed by atoms with Crippen LogP contribution in [-0.2, 0) is 40.0 Å². The van der Waals surface area contributed by atoms with Crippen molar-refractivity contribution in [2.75, 3.05) is 6.54 Å². The molecule has 18 heteroatoms. The third kappa shape index (κ3) is 10.7. The van der Waals surface area contributed by atoms with Crippen LogP contribution in [0, 0.1) is 11.8 Å². The molecule has 5 amide bonds. The number of carbonyl (C=O) groups is 7. The van der Waals surface area contributed by atoms with Gasteiger partial charge in [0.05, 0.1) is 6.42 Å². The van der Waals surface area contributed by atoms with Crippen LogP contribution in [0.15, 0.2) is 29.3 Å². The molecule has 0 fully saturated rings. The standard InChI is InChI=1S/C30H47N9O9/c1-15(2)22(24(45)37-20(23(31)44)13-18-7-9-19(41)10-8-18)38-26(47)30(35,14-21(42)43)39(25(46)16(3)4)27(48)29(34,17(5)40)11-6-12-36-28(32)33/h7-10,15-16,20,22,41H,6,11-14,34-35H2,1-5H3,(H2,31,44)(H,37,45)(H,38,47)(H,42,43)(H4,32,33,36)/t20-,22-,29+,30-/m0/s1. The Bertz CT molecular complexity index is 1410. The summed E-state index contributed by atoms with van der Waals surface area (Å²) in [7, 11) is 0.